The van der Waals surface area contributed by atoms with Crippen molar-refractivity contribution < 1.29 is 104 Å². The van der Waals surface area contributed by atoms with Gasteiger partial charge in [0.25, 0.3) is 54.2 Å². The molecule has 8 aromatic carbocycles. The van der Waals surface area contributed by atoms with Crippen molar-refractivity contribution in [3.05, 3.63) is 209 Å². The van der Waals surface area contributed by atoms with Crippen LogP contribution in [-0.4, -0.2) is 219 Å². The molecule has 6 aliphatic rings. The highest BCUT2D eigenvalue weighted by atomic mass is 32.2. The number of hydrogen-bond donors (Lipinski definition) is 8. The minimum atomic E-state index is -3.47. The van der Waals surface area contributed by atoms with E-state index in [1.165, 1.54) is 65.6 Å². The fourth-order valence-corrected chi connectivity index (χ4v) is 17.3. The smallest absolute Gasteiger partial charge is 0.414 e. The van der Waals surface area contributed by atoms with Crippen LogP contribution < -0.4 is 40.9 Å². The van der Waals surface area contributed by atoms with Gasteiger partial charge in [0.1, 0.15) is 19.8 Å². The van der Waals surface area contributed by atoms with Gasteiger partial charge in [-0.2, -0.15) is 0 Å². The maximum Gasteiger partial charge on any atom is 0.414 e. The number of nitrogens with zero attached hydrogens (tertiary/aromatic N) is 12. The molecule has 4 saturated heterocycles. The molecular formula is C93H98F4N16O18S. The molecule has 0 atom stereocenters. The molecular weight excluding hydrogens is 1740 g/mol. The Morgan fingerprint density at radius 3 is 1.16 bits per heavy atom. The van der Waals surface area contributed by atoms with Crippen molar-refractivity contribution in [3.63, 3.8) is 0 Å². The quantitative estimate of drug-likeness (QED) is 0.0276. The van der Waals surface area contributed by atoms with Gasteiger partial charge >= 0.3 is 6.09 Å². The van der Waals surface area contributed by atoms with E-state index in [-0.39, 0.29) is 120 Å². The molecule has 12 aromatic rings. The summed E-state index contributed by atoms with van der Waals surface area (Å²) in [6, 6.07) is 47.4. The average molecular weight is 1840 g/mol. The normalized spacial score (nSPS) is 17.9. The molecule has 2 aliphatic carbocycles. The number of carbonyl (C=O) groups excluding carboxylic acids is 8. The van der Waals surface area contributed by atoms with Gasteiger partial charge in [-0.1, -0.05) is 48.5 Å². The number of anilines is 8. The summed E-state index contributed by atoms with van der Waals surface area (Å²) >= 11 is 0. The van der Waals surface area contributed by atoms with E-state index < -0.39 is 46.5 Å². The summed E-state index contributed by atoms with van der Waals surface area (Å²) in [5, 5.41) is 49.7. The second-order valence-electron chi connectivity index (χ2n) is 32.3. The van der Waals surface area contributed by atoms with Crippen LogP contribution in [0, 0.1) is 0 Å². The fraction of sp³-hybridized carbons (Fsp3) is 0.355. The van der Waals surface area contributed by atoms with Crippen LogP contribution in [0.15, 0.2) is 181 Å². The zero-order valence-electron chi connectivity index (χ0n) is 71.9. The van der Waals surface area contributed by atoms with Gasteiger partial charge in [-0.3, -0.25) is 59.7 Å². The number of carbonyl (C=O) groups is 8. The standard InChI is InChI=1S/C25H26F2N4O4.C25H28N4O6S.C22H22F2N4O4.C21H22N4O4/c26-23(27)15-2-1-3-16(12-15)24(34)29-25-28-20-13-18(30-10-11-35-14-22(30)33)6-9-21(20)31(25)17-4-7-19(32)8-5-17;1-36(33,34)20-4-2-3-16(13-20)24(32)27-25-26-21-14-18(28-11-12-35-15-23(28)31)7-10-22(21)29(25)17-5-8-19(30)9-6-17;23-19(24)14-4-1-5-15(12-14)20(30)26-21-25-17-13-16(27-9-3-11-32-22(27)31)6-7-18(17)28(21)8-2-10-29;26-11-4-9-25-18-8-7-16(24-10-12-29-14-19(24)27)13-17(18)22-21(25)23-20(28)15-5-2-1-3-6-15/h1-3,6,9,12-13,17,19,23,32H,4-5,7-8,10-11,14H2,(H,28,29,34);2-4,7,10,13-14,17,19,30H,5-6,8-9,11-12,15H2,1H3,(H,26,27,32);1,4-7,12-13,19,29H,2-3,8-11H2,(H,25,26,30);1-3,5-8,13,26H,4,9-12,14H2,(H,22,23,28). The number of alkyl halides is 4. The van der Waals surface area contributed by atoms with Crippen LogP contribution in [0.3, 0.4) is 0 Å². The number of morpholine rings is 3. The van der Waals surface area contributed by atoms with E-state index in [0.717, 1.165) is 47.4 Å². The summed E-state index contributed by atoms with van der Waals surface area (Å²) in [5.74, 6) is -0.919. The van der Waals surface area contributed by atoms with Crippen LogP contribution in [0.1, 0.15) is 148 Å². The number of imidazole rings is 4. The van der Waals surface area contributed by atoms with Crippen molar-refractivity contribution in [2.24, 2.45) is 0 Å². The number of rotatable bonds is 23. The third-order valence-electron chi connectivity index (χ3n) is 23.4. The number of aryl methyl sites for hydroxylation is 2. The second-order valence-corrected chi connectivity index (χ2v) is 34.3. The maximum absolute atomic E-state index is 13.1. The zero-order chi connectivity index (χ0) is 92.9. The van der Waals surface area contributed by atoms with Crippen LogP contribution in [-0.2, 0) is 56.3 Å². The molecule has 0 spiro atoms. The number of hydrogen-bond acceptors (Lipinski definition) is 22. The number of ether oxygens (including phenoxy) is 4. The Hall–Kier alpha value is -13.4. The lowest BCUT2D eigenvalue weighted by molar-refractivity contribution is -0.126. The van der Waals surface area contributed by atoms with E-state index >= 15 is 0 Å². The number of amides is 8. The summed E-state index contributed by atoms with van der Waals surface area (Å²) in [6.45, 7) is 4.68. The minimum absolute atomic E-state index is 0.00182. The second kappa shape index (κ2) is 42.2. The van der Waals surface area contributed by atoms with E-state index in [0.29, 0.717) is 192 Å². The molecule has 132 heavy (non-hydrogen) atoms. The number of cyclic esters (lactones) is 1. The Morgan fingerprint density at radius 1 is 0.417 bits per heavy atom. The molecule has 0 unspecified atom stereocenters. The molecule has 692 valence electrons. The van der Waals surface area contributed by atoms with E-state index in [1.807, 2.05) is 68.3 Å². The highest BCUT2D eigenvalue weighted by molar-refractivity contribution is 7.90. The van der Waals surface area contributed by atoms with Crippen molar-refractivity contribution in [3.8, 4) is 0 Å². The molecule has 8 amide bonds. The first-order valence-corrected chi connectivity index (χ1v) is 45.2. The van der Waals surface area contributed by atoms with Crippen molar-refractivity contribution in [2.45, 2.75) is 126 Å². The number of halogens is 4. The van der Waals surface area contributed by atoms with Gasteiger partial charge in [0.2, 0.25) is 23.8 Å². The van der Waals surface area contributed by atoms with Crippen molar-refractivity contribution >= 4 is 148 Å². The van der Waals surface area contributed by atoms with Crippen molar-refractivity contribution in [1.29, 1.82) is 0 Å². The number of fused-ring (bicyclic) bond motifs is 4. The first-order chi connectivity index (χ1) is 63.7. The number of benzene rings is 8. The lowest BCUT2D eigenvalue weighted by atomic mass is 9.93. The molecule has 4 aromatic heterocycles. The van der Waals surface area contributed by atoms with Crippen LogP contribution >= 0.6 is 0 Å². The highest BCUT2D eigenvalue weighted by Gasteiger charge is 2.33. The van der Waals surface area contributed by atoms with Crippen molar-refractivity contribution in [1.82, 2.24) is 38.2 Å². The monoisotopic (exact) mass is 1830 g/mol. The average Bonchev–Trinajstić information content (AvgIpc) is 1.63. The molecule has 6 fully saturated rings. The largest absolute Gasteiger partial charge is 0.449 e. The Bertz CT molecular complexity index is 6380. The van der Waals surface area contributed by atoms with Gasteiger partial charge in [-0.05, 0) is 198 Å². The van der Waals surface area contributed by atoms with Gasteiger partial charge in [0, 0.05) is 127 Å². The number of aromatic nitrogens is 8. The SMILES string of the molecule is CS(=O)(=O)c1cccc(C(=O)Nc2nc3cc(N4CCOCC4=O)ccc3n2C2CCC(O)CC2)c1.O=C(Nc1nc2cc(N3CCCOC3=O)ccc2n1CCCO)c1cccc(C(F)F)c1.O=C(Nc1nc2cc(N3CCOCC3=O)ccc2n1C1CCC(O)CC1)c1cccc(C(F)F)c1.O=C(Nc1nc2cc(N3CCOCC3=O)ccc2n1CCCO)c1ccccc1. The number of nitrogens with one attached hydrogen (secondary N) is 4. The molecule has 18 rings (SSSR count). The van der Waals surface area contributed by atoms with Gasteiger partial charge in [0.05, 0.1) is 87.7 Å². The predicted octanol–water partition coefficient (Wildman–Crippen LogP) is 12.6. The lowest BCUT2D eigenvalue weighted by Crippen LogP contribution is -2.41. The fourth-order valence-electron chi connectivity index (χ4n) is 16.7. The zero-order valence-corrected chi connectivity index (χ0v) is 72.7. The molecule has 0 bridgehead atoms. The minimum Gasteiger partial charge on any atom is -0.449 e. The van der Waals surface area contributed by atoms with Crippen LogP contribution in [0.2, 0.25) is 0 Å². The highest BCUT2D eigenvalue weighted by Crippen LogP contribution is 2.40. The molecule has 39 heteroatoms. The Kier molecular flexibility index (Phi) is 29.8. The summed E-state index contributed by atoms with van der Waals surface area (Å²) in [4.78, 5) is 125. The van der Waals surface area contributed by atoms with Gasteiger partial charge in [0.15, 0.2) is 9.84 Å². The molecule has 4 aliphatic heterocycles. The van der Waals surface area contributed by atoms with E-state index in [4.69, 9.17) is 23.9 Å². The lowest BCUT2D eigenvalue weighted by Gasteiger charge is -2.28. The summed E-state index contributed by atoms with van der Waals surface area (Å²) in [6.07, 6.45) is 1.71. The number of aliphatic hydroxyl groups is 4. The van der Waals surface area contributed by atoms with E-state index in [9.17, 15) is 84.8 Å². The van der Waals surface area contributed by atoms with Crippen LogP contribution in [0.5, 0.6) is 0 Å². The van der Waals surface area contributed by atoms with Gasteiger partial charge in [-0.15, -0.1) is 0 Å². The van der Waals surface area contributed by atoms with E-state index in [2.05, 4.69) is 36.2 Å². The maximum atomic E-state index is 13.1. The van der Waals surface area contributed by atoms with Gasteiger partial charge in [-0.25, -0.2) is 50.7 Å². The number of sulfone groups is 1. The first-order valence-electron chi connectivity index (χ1n) is 43.3. The summed E-state index contributed by atoms with van der Waals surface area (Å²) in [5.41, 5.74) is 8.77. The van der Waals surface area contributed by atoms with Crippen molar-refractivity contribution in [2.75, 3.05) is 133 Å². The molecule has 8 heterocycles. The first kappa shape index (κ1) is 93.3. The Morgan fingerprint density at radius 2 is 0.773 bits per heavy atom. The third kappa shape index (κ3) is 21.9. The van der Waals surface area contributed by atoms with E-state index in [1.54, 1.807) is 73.9 Å². The molecule has 34 nitrogen and oxygen atoms in total. The van der Waals surface area contributed by atoms with Gasteiger partial charge < -0.3 is 72.3 Å². The van der Waals surface area contributed by atoms with Crippen LogP contribution in [0.4, 0.5) is 68.9 Å². The predicted molar refractivity (Wildman–Crippen MR) is 483 cm³/mol. The molecule has 2 saturated carbocycles. The third-order valence-corrected chi connectivity index (χ3v) is 24.5. The number of aliphatic hydroxyl groups excluding tert-OH is 4. The van der Waals surface area contributed by atoms with Crippen LogP contribution in [0.25, 0.3) is 44.1 Å². The Balaban J connectivity index is 0.000000135. The molecule has 8 N–H and O–H groups in total. The Labute approximate surface area is 754 Å². The summed E-state index contributed by atoms with van der Waals surface area (Å²) in [7, 11) is -3.47. The summed E-state index contributed by atoms with van der Waals surface area (Å²) < 4.78 is 104. The topological polar surface area (TPSA) is 421 Å². The molecule has 0 radical (unpaired) electrons.